The third-order valence-electron chi connectivity index (χ3n) is 2.82. The summed E-state index contributed by atoms with van der Waals surface area (Å²) < 4.78 is 11.7. The van der Waals surface area contributed by atoms with Crippen LogP contribution in [0.4, 0.5) is 0 Å². The zero-order valence-corrected chi connectivity index (χ0v) is 10.1. The van der Waals surface area contributed by atoms with Crippen LogP contribution in [0.3, 0.4) is 0 Å². The highest BCUT2D eigenvalue weighted by atomic mass is 35.5. The minimum atomic E-state index is -0.845. The van der Waals surface area contributed by atoms with Gasteiger partial charge in [-0.05, 0) is 24.3 Å². The highest BCUT2D eigenvalue weighted by molar-refractivity contribution is 6.31. The Morgan fingerprint density at radius 1 is 0.882 bits per heavy atom. The van der Waals surface area contributed by atoms with Crippen LogP contribution in [-0.4, -0.2) is 0 Å². The van der Waals surface area contributed by atoms with Crippen molar-refractivity contribution < 1.29 is 9.47 Å². The molecule has 2 aromatic rings. The predicted molar refractivity (Wildman–Crippen MR) is 66.5 cm³/mol. The van der Waals surface area contributed by atoms with E-state index < -0.39 is 5.79 Å². The SMILES string of the molecule is CC1(c2ccccc2Cl)Oc2ccccc2O1. The fraction of sp³-hybridized carbons (Fsp3) is 0.143. The Morgan fingerprint density at radius 3 is 2.00 bits per heavy atom. The van der Waals surface area contributed by atoms with Crippen molar-refractivity contribution in [1.29, 1.82) is 0 Å². The van der Waals surface area contributed by atoms with Gasteiger partial charge in [0.2, 0.25) is 0 Å². The summed E-state index contributed by atoms with van der Waals surface area (Å²) in [6.45, 7) is 1.87. The lowest BCUT2D eigenvalue weighted by molar-refractivity contribution is -0.0679. The summed E-state index contributed by atoms with van der Waals surface area (Å²) in [5.74, 6) is 0.645. The summed E-state index contributed by atoms with van der Waals surface area (Å²) in [5.41, 5.74) is 0.831. The van der Waals surface area contributed by atoms with Crippen LogP contribution in [-0.2, 0) is 5.79 Å². The van der Waals surface area contributed by atoms with Crippen LogP contribution >= 0.6 is 11.6 Å². The Labute approximate surface area is 105 Å². The van der Waals surface area contributed by atoms with Crippen LogP contribution in [0.2, 0.25) is 5.02 Å². The van der Waals surface area contributed by atoms with Crippen LogP contribution in [0.25, 0.3) is 0 Å². The van der Waals surface area contributed by atoms with Gasteiger partial charge in [0.25, 0.3) is 5.79 Å². The summed E-state index contributed by atoms with van der Waals surface area (Å²) in [6.07, 6.45) is 0. The number of hydrogen-bond acceptors (Lipinski definition) is 2. The fourth-order valence-electron chi connectivity index (χ4n) is 2.00. The van der Waals surface area contributed by atoms with Gasteiger partial charge in [0.05, 0.1) is 10.6 Å². The number of hydrogen-bond donors (Lipinski definition) is 0. The summed E-state index contributed by atoms with van der Waals surface area (Å²) in [4.78, 5) is 0. The standard InChI is InChI=1S/C14H11ClO2/c1-14(10-6-2-3-7-11(10)15)16-12-8-4-5-9-13(12)17-14/h2-9H,1H3. The average Bonchev–Trinajstić information content (AvgIpc) is 2.66. The molecule has 0 radical (unpaired) electrons. The van der Waals surface area contributed by atoms with Gasteiger partial charge in [-0.3, -0.25) is 0 Å². The normalized spacial score (nSPS) is 15.9. The van der Waals surface area contributed by atoms with Crippen molar-refractivity contribution >= 4 is 11.6 Å². The van der Waals surface area contributed by atoms with E-state index in [-0.39, 0.29) is 0 Å². The van der Waals surface area contributed by atoms with Gasteiger partial charge in [0.1, 0.15) is 0 Å². The number of fused-ring (bicyclic) bond motifs is 1. The third-order valence-corrected chi connectivity index (χ3v) is 3.15. The molecule has 0 unspecified atom stereocenters. The molecule has 2 nitrogen and oxygen atoms in total. The van der Waals surface area contributed by atoms with Crippen LogP contribution in [0.1, 0.15) is 12.5 Å². The van der Waals surface area contributed by atoms with Gasteiger partial charge < -0.3 is 9.47 Å². The van der Waals surface area contributed by atoms with Crippen LogP contribution < -0.4 is 9.47 Å². The van der Waals surface area contributed by atoms with E-state index >= 15 is 0 Å². The van der Waals surface area contributed by atoms with Crippen molar-refractivity contribution in [2.24, 2.45) is 0 Å². The molecule has 17 heavy (non-hydrogen) atoms. The molecule has 0 saturated heterocycles. The maximum Gasteiger partial charge on any atom is 0.276 e. The quantitative estimate of drug-likeness (QED) is 0.758. The molecule has 0 aliphatic carbocycles. The first-order valence-corrected chi connectivity index (χ1v) is 5.79. The number of halogens is 1. The molecular formula is C14H11ClO2. The van der Waals surface area contributed by atoms with E-state index in [1.54, 1.807) is 0 Å². The molecule has 3 rings (SSSR count). The minimum absolute atomic E-state index is 0.641. The number of rotatable bonds is 1. The maximum absolute atomic E-state index is 6.18. The van der Waals surface area contributed by atoms with Gasteiger partial charge in [0, 0.05) is 6.92 Å². The fourth-order valence-corrected chi connectivity index (χ4v) is 2.31. The number of ether oxygens (including phenoxy) is 2. The molecule has 1 aliphatic heterocycles. The van der Waals surface area contributed by atoms with Crippen molar-refractivity contribution in [2.45, 2.75) is 12.7 Å². The first-order valence-electron chi connectivity index (χ1n) is 5.41. The molecule has 86 valence electrons. The van der Waals surface area contributed by atoms with E-state index in [2.05, 4.69) is 0 Å². The maximum atomic E-state index is 6.18. The monoisotopic (exact) mass is 246 g/mol. The van der Waals surface area contributed by atoms with Crippen LogP contribution in [0, 0.1) is 0 Å². The van der Waals surface area contributed by atoms with Crippen molar-refractivity contribution in [3.63, 3.8) is 0 Å². The predicted octanol–water partition coefficient (Wildman–Crippen LogP) is 3.98. The third kappa shape index (κ3) is 1.65. The second-order valence-electron chi connectivity index (χ2n) is 4.08. The van der Waals surface area contributed by atoms with Gasteiger partial charge in [-0.1, -0.05) is 35.9 Å². The molecule has 0 N–H and O–H groups in total. The Morgan fingerprint density at radius 2 is 1.41 bits per heavy atom. The molecule has 0 spiro atoms. The molecule has 0 fully saturated rings. The Kier molecular flexibility index (Phi) is 2.26. The van der Waals surface area contributed by atoms with E-state index in [1.165, 1.54) is 0 Å². The number of benzene rings is 2. The largest absolute Gasteiger partial charge is 0.444 e. The van der Waals surface area contributed by atoms with E-state index in [0.29, 0.717) is 5.02 Å². The van der Waals surface area contributed by atoms with Gasteiger partial charge in [-0.25, -0.2) is 0 Å². The molecule has 0 bridgehead atoms. The molecule has 2 aromatic carbocycles. The summed E-state index contributed by atoms with van der Waals surface area (Å²) in [7, 11) is 0. The van der Waals surface area contributed by atoms with Crippen LogP contribution in [0.15, 0.2) is 48.5 Å². The molecule has 0 amide bonds. The lowest BCUT2D eigenvalue weighted by atomic mass is 10.1. The second kappa shape index (κ2) is 3.67. The lowest BCUT2D eigenvalue weighted by Gasteiger charge is -2.24. The van der Waals surface area contributed by atoms with Crippen molar-refractivity contribution in [3.05, 3.63) is 59.1 Å². The van der Waals surface area contributed by atoms with Crippen LogP contribution in [0.5, 0.6) is 11.5 Å². The van der Waals surface area contributed by atoms with Gasteiger partial charge in [-0.2, -0.15) is 0 Å². The van der Waals surface area contributed by atoms with Gasteiger partial charge in [0.15, 0.2) is 11.5 Å². The minimum Gasteiger partial charge on any atom is -0.444 e. The first kappa shape index (κ1) is 10.5. The molecule has 1 aliphatic rings. The molecular weight excluding hydrogens is 236 g/mol. The van der Waals surface area contributed by atoms with Crippen molar-refractivity contribution in [2.75, 3.05) is 0 Å². The second-order valence-corrected chi connectivity index (χ2v) is 4.48. The smallest absolute Gasteiger partial charge is 0.276 e. The molecule has 0 aromatic heterocycles. The molecule has 1 heterocycles. The van der Waals surface area contributed by atoms with E-state index in [1.807, 2.05) is 55.5 Å². The lowest BCUT2D eigenvalue weighted by Crippen LogP contribution is -2.31. The zero-order chi connectivity index (χ0) is 11.9. The van der Waals surface area contributed by atoms with E-state index in [0.717, 1.165) is 17.1 Å². The molecule has 0 saturated carbocycles. The summed E-state index contributed by atoms with van der Waals surface area (Å²) in [5, 5.41) is 0.641. The van der Waals surface area contributed by atoms with E-state index in [9.17, 15) is 0 Å². The topological polar surface area (TPSA) is 18.5 Å². The molecule has 0 atom stereocenters. The average molecular weight is 247 g/mol. The van der Waals surface area contributed by atoms with Crippen molar-refractivity contribution in [3.8, 4) is 11.5 Å². The van der Waals surface area contributed by atoms with E-state index in [4.69, 9.17) is 21.1 Å². The van der Waals surface area contributed by atoms with Gasteiger partial charge in [-0.15, -0.1) is 0 Å². The Balaban J connectivity index is 2.05. The Hall–Kier alpha value is -1.67. The number of para-hydroxylation sites is 2. The first-order chi connectivity index (χ1) is 8.19. The van der Waals surface area contributed by atoms with Gasteiger partial charge >= 0.3 is 0 Å². The highest BCUT2D eigenvalue weighted by Crippen LogP contribution is 2.45. The van der Waals surface area contributed by atoms with Crippen molar-refractivity contribution in [1.82, 2.24) is 0 Å². The zero-order valence-electron chi connectivity index (χ0n) is 9.31. The molecule has 3 heteroatoms. The summed E-state index contributed by atoms with van der Waals surface area (Å²) >= 11 is 6.18. The summed E-state index contributed by atoms with van der Waals surface area (Å²) in [6, 6.07) is 15.2. The highest BCUT2D eigenvalue weighted by Gasteiger charge is 2.39. The Bertz CT molecular complexity index is 541.